The smallest absolute Gasteiger partial charge is 0.0972 e. The fourth-order valence-electron chi connectivity index (χ4n) is 7.91. The maximum absolute atomic E-state index is 5.22. The molecule has 0 aliphatic heterocycles. The Morgan fingerprint density at radius 2 is 0.625 bits per heavy atom. The van der Waals surface area contributed by atoms with Crippen molar-refractivity contribution < 1.29 is 0 Å². The molecule has 0 N–H and O–H groups in total. The molecule has 9 rings (SSSR count). The van der Waals surface area contributed by atoms with E-state index in [1.54, 1.807) is 0 Å². The molecule has 0 radical (unpaired) electrons. The van der Waals surface area contributed by atoms with Crippen molar-refractivity contribution in [1.29, 1.82) is 0 Å². The van der Waals surface area contributed by atoms with E-state index in [4.69, 9.17) is 19.9 Å². The van der Waals surface area contributed by atoms with E-state index >= 15 is 0 Å². The first-order valence-electron chi connectivity index (χ1n) is 19.6. The minimum Gasteiger partial charge on any atom is -0.250 e. The number of pyridine rings is 4. The molecule has 0 unspecified atom stereocenters. The van der Waals surface area contributed by atoms with E-state index in [1.165, 1.54) is 16.7 Å². The Kier molecular flexibility index (Phi) is 8.35. The number of benzene rings is 5. The highest BCUT2D eigenvalue weighted by Crippen LogP contribution is 2.41. The quantitative estimate of drug-likeness (QED) is 0.131. The molecule has 56 heavy (non-hydrogen) atoms. The van der Waals surface area contributed by atoms with E-state index in [-0.39, 0.29) is 10.8 Å². The fourth-order valence-corrected chi connectivity index (χ4v) is 7.91. The van der Waals surface area contributed by atoms with E-state index in [0.717, 1.165) is 77.5 Å². The van der Waals surface area contributed by atoms with Gasteiger partial charge in [0.1, 0.15) is 0 Å². The molecule has 0 aliphatic rings. The highest BCUT2D eigenvalue weighted by molar-refractivity contribution is 6.04. The summed E-state index contributed by atoms with van der Waals surface area (Å²) in [6, 6.07) is 54.4. The highest BCUT2D eigenvalue weighted by Gasteiger charge is 2.31. The average Bonchev–Trinajstić information content (AvgIpc) is 3.22. The molecule has 5 aromatic carbocycles. The number of hydrogen-bond donors (Lipinski definition) is 0. The molecule has 0 saturated carbocycles. The molecule has 4 nitrogen and oxygen atoms in total. The van der Waals surface area contributed by atoms with Crippen molar-refractivity contribution in [2.45, 2.75) is 64.7 Å². The first kappa shape index (κ1) is 35.4. The minimum absolute atomic E-state index is 0.0490. The van der Waals surface area contributed by atoms with Gasteiger partial charge in [-0.15, -0.1) is 0 Å². The highest BCUT2D eigenvalue weighted by atomic mass is 14.8. The summed E-state index contributed by atoms with van der Waals surface area (Å²) in [5.41, 5.74) is 13.1. The number of hydrogen-bond acceptors (Lipinski definition) is 4. The second-order valence-corrected chi connectivity index (χ2v) is 17.3. The van der Waals surface area contributed by atoms with Crippen molar-refractivity contribution >= 4 is 43.6 Å². The maximum Gasteiger partial charge on any atom is 0.0972 e. The monoisotopic (exact) mass is 726 g/mol. The van der Waals surface area contributed by atoms with E-state index in [1.807, 2.05) is 0 Å². The number of nitrogens with zero attached hydrogens (tertiary/aromatic N) is 4. The lowest BCUT2D eigenvalue weighted by Crippen LogP contribution is -2.25. The molecule has 0 bridgehead atoms. The summed E-state index contributed by atoms with van der Waals surface area (Å²) in [5, 5.41) is 4.39. The predicted octanol–water partition coefficient (Wildman–Crippen LogP) is 13.2. The van der Waals surface area contributed by atoms with Crippen LogP contribution in [-0.2, 0) is 16.2 Å². The van der Waals surface area contributed by atoms with Crippen LogP contribution in [-0.4, -0.2) is 19.9 Å². The zero-order valence-corrected chi connectivity index (χ0v) is 33.2. The Hall–Kier alpha value is -6.26. The summed E-state index contributed by atoms with van der Waals surface area (Å²) in [7, 11) is 0. The van der Waals surface area contributed by atoms with Crippen molar-refractivity contribution in [3.05, 3.63) is 180 Å². The van der Waals surface area contributed by atoms with Crippen molar-refractivity contribution in [3.8, 4) is 22.5 Å². The van der Waals surface area contributed by atoms with Gasteiger partial charge in [0, 0.05) is 60.3 Å². The molecular formula is C52H46N4. The van der Waals surface area contributed by atoms with Gasteiger partial charge < -0.3 is 0 Å². The molecule has 9 aromatic rings. The minimum atomic E-state index is -0.404. The normalized spacial score (nSPS) is 12.6. The first-order valence-corrected chi connectivity index (χ1v) is 19.6. The summed E-state index contributed by atoms with van der Waals surface area (Å²) < 4.78 is 0. The fraction of sp³-hybridized carbons (Fsp3) is 0.192. The molecule has 0 amide bonds. The van der Waals surface area contributed by atoms with Gasteiger partial charge in [-0.25, -0.2) is 19.9 Å². The van der Waals surface area contributed by atoms with Gasteiger partial charge in [0.25, 0.3) is 0 Å². The van der Waals surface area contributed by atoms with Crippen molar-refractivity contribution in [3.63, 3.8) is 0 Å². The third kappa shape index (κ3) is 6.20. The molecule has 0 atom stereocenters. The third-order valence-corrected chi connectivity index (χ3v) is 11.4. The zero-order chi connectivity index (χ0) is 38.8. The zero-order valence-electron chi connectivity index (χ0n) is 33.2. The largest absolute Gasteiger partial charge is 0.250 e. The van der Waals surface area contributed by atoms with Crippen LogP contribution < -0.4 is 0 Å². The lowest BCUT2D eigenvalue weighted by molar-refractivity contribution is 0.571. The predicted molar refractivity (Wildman–Crippen MR) is 234 cm³/mol. The van der Waals surface area contributed by atoms with Crippen LogP contribution in [0.15, 0.2) is 152 Å². The standard InChI is InChI=1S/C52H46N4/c1-50(2,3)44-31-23-37-15-13-35-21-29-42(53-46(35)48(37)55-44)33-17-25-40(26-18-33)52(7,39-11-9-8-10-12-39)41-27-19-34(20-28-41)43-30-22-36-14-16-38-24-32-45(51(4,5)6)56-49(38)47(36)54-43/h8-32H,1-7H3. The van der Waals surface area contributed by atoms with Crippen LogP contribution in [0.1, 0.15) is 76.5 Å². The van der Waals surface area contributed by atoms with Gasteiger partial charge in [-0.2, -0.15) is 0 Å². The molecule has 0 fully saturated rings. The Balaban J connectivity index is 1.09. The Bertz CT molecular complexity index is 2730. The molecule has 0 spiro atoms. The van der Waals surface area contributed by atoms with Gasteiger partial charge >= 0.3 is 0 Å². The molecule has 0 aliphatic carbocycles. The topological polar surface area (TPSA) is 51.6 Å². The Morgan fingerprint density at radius 3 is 1.00 bits per heavy atom. The van der Waals surface area contributed by atoms with Crippen LogP contribution >= 0.6 is 0 Å². The molecule has 274 valence electrons. The maximum atomic E-state index is 5.22. The van der Waals surface area contributed by atoms with Gasteiger partial charge in [0.05, 0.1) is 33.5 Å². The third-order valence-electron chi connectivity index (χ3n) is 11.4. The second-order valence-electron chi connectivity index (χ2n) is 17.3. The number of rotatable bonds is 5. The van der Waals surface area contributed by atoms with Crippen molar-refractivity contribution in [1.82, 2.24) is 19.9 Å². The van der Waals surface area contributed by atoms with Crippen molar-refractivity contribution in [2.75, 3.05) is 0 Å². The molecule has 4 heteroatoms. The Morgan fingerprint density at radius 1 is 0.304 bits per heavy atom. The van der Waals surface area contributed by atoms with Crippen LogP contribution in [0.2, 0.25) is 0 Å². The van der Waals surface area contributed by atoms with E-state index < -0.39 is 5.41 Å². The van der Waals surface area contributed by atoms with E-state index in [0.29, 0.717) is 0 Å². The summed E-state index contributed by atoms with van der Waals surface area (Å²) in [6.45, 7) is 15.5. The van der Waals surface area contributed by atoms with Gasteiger partial charge in [0.15, 0.2) is 0 Å². The second kappa shape index (κ2) is 13.2. The van der Waals surface area contributed by atoms with Crippen LogP contribution in [0.4, 0.5) is 0 Å². The van der Waals surface area contributed by atoms with Crippen LogP contribution in [0, 0.1) is 0 Å². The van der Waals surface area contributed by atoms with Gasteiger partial charge in [-0.3, -0.25) is 0 Å². The van der Waals surface area contributed by atoms with E-state index in [2.05, 4.69) is 200 Å². The van der Waals surface area contributed by atoms with Crippen molar-refractivity contribution in [2.24, 2.45) is 0 Å². The van der Waals surface area contributed by atoms with E-state index in [9.17, 15) is 0 Å². The SMILES string of the molecule is CC(C)(C)c1ccc2ccc3ccc(-c4ccc(C(C)(c5ccccc5)c5ccc(-c6ccc7ccc8ccc(C(C)(C)C)nc8c7n6)cc5)cc4)nc3c2n1. The number of aromatic nitrogens is 4. The number of fused-ring (bicyclic) bond motifs is 6. The van der Waals surface area contributed by atoms with Crippen LogP contribution in [0.3, 0.4) is 0 Å². The van der Waals surface area contributed by atoms with Gasteiger partial charge in [-0.05, 0) is 47.9 Å². The van der Waals surface area contributed by atoms with Gasteiger partial charge in [0.2, 0.25) is 0 Å². The summed E-state index contributed by atoms with van der Waals surface area (Å²) in [4.78, 5) is 20.7. The van der Waals surface area contributed by atoms with Crippen LogP contribution in [0.25, 0.3) is 66.1 Å². The molecule has 0 saturated heterocycles. The van der Waals surface area contributed by atoms with Crippen LogP contribution in [0.5, 0.6) is 0 Å². The molecular weight excluding hydrogens is 681 g/mol. The summed E-state index contributed by atoms with van der Waals surface area (Å²) in [6.07, 6.45) is 0. The lowest BCUT2D eigenvalue weighted by atomic mass is 9.71. The Labute approximate surface area is 329 Å². The van der Waals surface area contributed by atoms with Gasteiger partial charge in [-0.1, -0.05) is 169 Å². The molecule has 4 heterocycles. The summed E-state index contributed by atoms with van der Waals surface area (Å²) >= 11 is 0. The lowest BCUT2D eigenvalue weighted by Gasteiger charge is -2.32. The average molecular weight is 727 g/mol. The first-order chi connectivity index (χ1) is 26.9. The molecule has 4 aromatic heterocycles. The summed E-state index contributed by atoms with van der Waals surface area (Å²) in [5.74, 6) is 0.